The summed E-state index contributed by atoms with van der Waals surface area (Å²) in [7, 11) is 1.45. The van der Waals surface area contributed by atoms with Crippen LogP contribution in [0.3, 0.4) is 0 Å². The average molecular weight is 281 g/mol. The number of carbonyl (C=O) groups is 2. The van der Waals surface area contributed by atoms with Gasteiger partial charge in [0, 0.05) is 19.7 Å². The molecule has 2 amide bonds. The molecule has 0 saturated heterocycles. The Morgan fingerprint density at radius 2 is 2.10 bits per heavy atom. The third-order valence-corrected chi connectivity index (χ3v) is 2.75. The van der Waals surface area contributed by atoms with E-state index in [0.717, 1.165) is 0 Å². The zero-order valence-electron chi connectivity index (χ0n) is 11.1. The molecule has 108 valence electrons. The molecule has 1 aromatic carbocycles. The molecule has 0 saturated carbocycles. The van der Waals surface area contributed by atoms with Gasteiger partial charge < -0.3 is 15.3 Å². The third kappa shape index (κ3) is 3.94. The van der Waals surface area contributed by atoms with Gasteiger partial charge in [-0.05, 0) is 13.0 Å². The molecule has 0 bridgehead atoms. The van der Waals surface area contributed by atoms with Crippen LogP contribution in [0.2, 0.25) is 0 Å². The standard InChI is InChI=1S/C12H15N3O5/c1-8-9(4-3-5-10(8)15(19)20)13-12(18)14(2)7-6-11(16)17/h3-5H,6-7H2,1-2H3,(H,13,18)(H,16,17). The summed E-state index contributed by atoms with van der Waals surface area (Å²) in [6, 6.07) is 3.84. The van der Waals surface area contributed by atoms with Gasteiger partial charge in [-0.2, -0.15) is 0 Å². The van der Waals surface area contributed by atoms with Gasteiger partial charge in [-0.15, -0.1) is 0 Å². The largest absolute Gasteiger partial charge is 0.481 e. The summed E-state index contributed by atoms with van der Waals surface area (Å²) in [4.78, 5) is 33.7. The SMILES string of the molecule is Cc1c(NC(=O)N(C)CCC(=O)O)cccc1[N+](=O)[O-]. The topological polar surface area (TPSA) is 113 Å². The van der Waals surface area contributed by atoms with Crippen LogP contribution in [0.1, 0.15) is 12.0 Å². The highest BCUT2D eigenvalue weighted by atomic mass is 16.6. The summed E-state index contributed by atoms with van der Waals surface area (Å²) in [5.41, 5.74) is 0.583. The third-order valence-electron chi connectivity index (χ3n) is 2.75. The van der Waals surface area contributed by atoms with Gasteiger partial charge in [0.1, 0.15) is 0 Å². The number of nitro groups is 1. The summed E-state index contributed by atoms with van der Waals surface area (Å²) < 4.78 is 0. The lowest BCUT2D eigenvalue weighted by molar-refractivity contribution is -0.385. The first-order valence-electron chi connectivity index (χ1n) is 5.81. The van der Waals surface area contributed by atoms with Gasteiger partial charge in [0.2, 0.25) is 0 Å². The summed E-state index contributed by atoms with van der Waals surface area (Å²) in [5, 5.41) is 21.8. The maximum Gasteiger partial charge on any atom is 0.321 e. The number of anilines is 1. The van der Waals surface area contributed by atoms with Crippen LogP contribution in [0, 0.1) is 17.0 Å². The van der Waals surface area contributed by atoms with Crippen LogP contribution in [0.25, 0.3) is 0 Å². The summed E-state index contributed by atoms with van der Waals surface area (Å²) in [6.07, 6.45) is -0.169. The predicted octanol–water partition coefficient (Wildman–Crippen LogP) is 1.84. The normalized spacial score (nSPS) is 9.90. The van der Waals surface area contributed by atoms with E-state index in [1.807, 2.05) is 0 Å². The van der Waals surface area contributed by atoms with Gasteiger partial charge >= 0.3 is 12.0 Å². The van der Waals surface area contributed by atoms with E-state index in [1.54, 1.807) is 6.07 Å². The van der Waals surface area contributed by atoms with Crippen molar-refractivity contribution in [3.8, 4) is 0 Å². The van der Waals surface area contributed by atoms with Crippen LogP contribution in [0.5, 0.6) is 0 Å². The quantitative estimate of drug-likeness (QED) is 0.631. The lowest BCUT2D eigenvalue weighted by atomic mass is 10.1. The number of carboxylic acids is 1. The van der Waals surface area contributed by atoms with E-state index in [2.05, 4.69) is 5.32 Å². The molecular formula is C12H15N3O5. The fourth-order valence-corrected chi connectivity index (χ4v) is 1.53. The number of carboxylic acid groups (broad SMARTS) is 1. The van der Waals surface area contributed by atoms with Gasteiger partial charge in [-0.25, -0.2) is 4.79 Å². The summed E-state index contributed by atoms with van der Waals surface area (Å²) >= 11 is 0. The van der Waals surface area contributed by atoms with Crippen LogP contribution < -0.4 is 5.32 Å². The van der Waals surface area contributed by atoms with Crippen LogP contribution >= 0.6 is 0 Å². The van der Waals surface area contributed by atoms with Gasteiger partial charge in [0.05, 0.1) is 22.6 Å². The summed E-state index contributed by atoms with van der Waals surface area (Å²) in [5.74, 6) is -1.00. The first kappa shape index (κ1) is 15.4. The van der Waals surface area contributed by atoms with Gasteiger partial charge in [0.25, 0.3) is 5.69 Å². The fourth-order valence-electron chi connectivity index (χ4n) is 1.53. The molecule has 0 spiro atoms. The zero-order chi connectivity index (χ0) is 15.3. The molecule has 0 aliphatic heterocycles. The molecule has 1 aromatic rings. The van der Waals surface area contributed by atoms with E-state index in [9.17, 15) is 19.7 Å². The minimum atomic E-state index is -1.00. The Hall–Kier alpha value is -2.64. The van der Waals surface area contributed by atoms with E-state index < -0.39 is 16.9 Å². The van der Waals surface area contributed by atoms with Crippen molar-refractivity contribution in [1.29, 1.82) is 0 Å². The lowest BCUT2D eigenvalue weighted by Crippen LogP contribution is -2.33. The van der Waals surface area contributed by atoms with Crippen molar-refractivity contribution in [1.82, 2.24) is 4.90 Å². The van der Waals surface area contributed by atoms with Crippen molar-refractivity contribution in [3.05, 3.63) is 33.9 Å². The highest BCUT2D eigenvalue weighted by Gasteiger charge is 2.16. The second-order valence-corrected chi connectivity index (χ2v) is 4.20. The van der Waals surface area contributed by atoms with E-state index in [4.69, 9.17) is 5.11 Å². The Labute approximate surface area is 115 Å². The van der Waals surface area contributed by atoms with E-state index >= 15 is 0 Å². The van der Waals surface area contributed by atoms with E-state index in [-0.39, 0.29) is 18.7 Å². The minimum absolute atomic E-state index is 0.0507. The van der Waals surface area contributed by atoms with Gasteiger partial charge in [-0.3, -0.25) is 14.9 Å². The first-order valence-corrected chi connectivity index (χ1v) is 5.81. The van der Waals surface area contributed by atoms with Crippen molar-refractivity contribution < 1.29 is 19.6 Å². The van der Waals surface area contributed by atoms with Crippen molar-refractivity contribution in [2.24, 2.45) is 0 Å². The Kier molecular flexibility index (Phi) is 5.01. The molecule has 2 N–H and O–H groups in total. The van der Waals surface area contributed by atoms with Crippen molar-refractivity contribution >= 4 is 23.4 Å². The molecule has 0 aliphatic rings. The van der Waals surface area contributed by atoms with E-state index in [0.29, 0.717) is 11.3 Å². The molecule has 0 heterocycles. The molecule has 0 radical (unpaired) electrons. The van der Waals surface area contributed by atoms with Crippen LogP contribution in [0.4, 0.5) is 16.2 Å². The number of carbonyl (C=O) groups excluding carboxylic acids is 1. The number of urea groups is 1. The number of hydrogen-bond acceptors (Lipinski definition) is 4. The zero-order valence-corrected chi connectivity index (χ0v) is 11.1. The van der Waals surface area contributed by atoms with Gasteiger partial charge in [0.15, 0.2) is 0 Å². The summed E-state index contributed by atoms with van der Waals surface area (Å²) in [6.45, 7) is 1.58. The molecule has 0 aliphatic carbocycles. The molecular weight excluding hydrogens is 266 g/mol. The number of benzene rings is 1. The number of aliphatic carboxylic acids is 1. The molecule has 8 heteroatoms. The Morgan fingerprint density at radius 1 is 1.45 bits per heavy atom. The molecule has 8 nitrogen and oxygen atoms in total. The Morgan fingerprint density at radius 3 is 2.65 bits per heavy atom. The maximum atomic E-state index is 11.8. The monoisotopic (exact) mass is 281 g/mol. The number of nitrogens with zero attached hydrogens (tertiary/aromatic N) is 2. The number of rotatable bonds is 5. The molecule has 0 aromatic heterocycles. The highest BCUT2D eigenvalue weighted by molar-refractivity contribution is 5.90. The number of nitro benzene ring substituents is 1. The average Bonchev–Trinajstić information content (AvgIpc) is 2.37. The van der Waals surface area contributed by atoms with Gasteiger partial charge in [-0.1, -0.05) is 6.07 Å². The van der Waals surface area contributed by atoms with Crippen molar-refractivity contribution in [2.45, 2.75) is 13.3 Å². The van der Waals surface area contributed by atoms with Crippen LogP contribution in [-0.2, 0) is 4.79 Å². The second kappa shape index (κ2) is 6.50. The first-order chi connectivity index (χ1) is 9.32. The van der Waals surface area contributed by atoms with Crippen LogP contribution in [-0.4, -0.2) is 40.5 Å². The fraction of sp³-hybridized carbons (Fsp3) is 0.333. The molecule has 0 fully saturated rings. The highest BCUT2D eigenvalue weighted by Crippen LogP contribution is 2.25. The smallest absolute Gasteiger partial charge is 0.321 e. The van der Waals surface area contributed by atoms with Crippen molar-refractivity contribution in [2.75, 3.05) is 18.9 Å². The molecule has 20 heavy (non-hydrogen) atoms. The lowest BCUT2D eigenvalue weighted by Gasteiger charge is -2.17. The number of hydrogen-bond donors (Lipinski definition) is 2. The van der Waals surface area contributed by atoms with Crippen LogP contribution in [0.15, 0.2) is 18.2 Å². The van der Waals surface area contributed by atoms with E-state index in [1.165, 1.54) is 31.0 Å². The Bertz CT molecular complexity index is 544. The number of amides is 2. The molecule has 1 rings (SSSR count). The molecule has 0 atom stereocenters. The predicted molar refractivity (Wildman–Crippen MR) is 71.7 cm³/mol. The minimum Gasteiger partial charge on any atom is -0.481 e. The molecule has 0 unspecified atom stereocenters. The number of nitrogens with one attached hydrogen (secondary N) is 1. The Balaban J connectivity index is 2.78. The maximum absolute atomic E-state index is 11.8. The van der Waals surface area contributed by atoms with Crippen molar-refractivity contribution in [3.63, 3.8) is 0 Å². The second-order valence-electron chi connectivity index (χ2n) is 4.20.